The first kappa shape index (κ1) is 19.7. The lowest BCUT2D eigenvalue weighted by Crippen LogP contribution is -2.41. The zero-order valence-electron chi connectivity index (χ0n) is 15.9. The summed E-state index contributed by atoms with van der Waals surface area (Å²) in [7, 11) is 1.56. The van der Waals surface area contributed by atoms with Crippen molar-refractivity contribution in [2.75, 3.05) is 25.5 Å². The number of carbonyl (C=O) groups is 1. The summed E-state index contributed by atoms with van der Waals surface area (Å²) in [5, 5.41) is 3.58. The number of nitrogens with one attached hydrogen (secondary N) is 1. The van der Waals surface area contributed by atoms with Crippen LogP contribution in [0.25, 0.3) is 0 Å². The maximum atomic E-state index is 12.8. The van der Waals surface area contributed by atoms with Crippen LogP contribution in [-0.4, -0.2) is 43.1 Å². The molecule has 1 fully saturated rings. The van der Waals surface area contributed by atoms with Gasteiger partial charge in [-0.2, -0.15) is 0 Å². The van der Waals surface area contributed by atoms with Gasteiger partial charge in [0, 0.05) is 36.1 Å². The van der Waals surface area contributed by atoms with E-state index in [0.717, 1.165) is 12.1 Å². The summed E-state index contributed by atoms with van der Waals surface area (Å²) < 4.78 is 5.35. The number of hydrogen-bond acceptors (Lipinski definition) is 4. The van der Waals surface area contributed by atoms with Gasteiger partial charge in [-0.1, -0.05) is 41.9 Å². The maximum absolute atomic E-state index is 12.8. The second kappa shape index (κ2) is 8.30. The average Bonchev–Trinajstić information content (AvgIpc) is 3.06. The Morgan fingerprint density at radius 2 is 2.00 bits per heavy atom. The van der Waals surface area contributed by atoms with Gasteiger partial charge >= 0.3 is 0 Å². The molecular formula is C21H26ClN3O2. The maximum Gasteiger partial charge on any atom is 0.241 e. The first-order valence-electron chi connectivity index (χ1n) is 9.10. The number of aryl methyl sites for hydroxylation is 1. The molecule has 144 valence electrons. The molecule has 0 aliphatic carbocycles. The number of halogens is 1. The van der Waals surface area contributed by atoms with Crippen molar-refractivity contribution >= 4 is 23.2 Å². The molecule has 2 aromatic carbocycles. The van der Waals surface area contributed by atoms with E-state index in [1.807, 2.05) is 38.1 Å². The fraction of sp³-hybridized carbons (Fsp3) is 0.381. The molecule has 1 heterocycles. The normalized spacial score (nSPS) is 21.1. The van der Waals surface area contributed by atoms with Crippen LogP contribution in [0.1, 0.15) is 24.0 Å². The Kier molecular flexibility index (Phi) is 6.05. The molecular weight excluding hydrogens is 362 g/mol. The van der Waals surface area contributed by atoms with Crippen molar-refractivity contribution in [2.45, 2.75) is 31.8 Å². The smallest absolute Gasteiger partial charge is 0.241 e. The van der Waals surface area contributed by atoms with Crippen molar-refractivity contribution in [2.24, 2.45) is 5.73 Å². The summed E-state index contributed by atoms with van der Waals surface area (Å²) in [5.41, 5.74) is 9.09. The molecule has 0 bridgehead atoms. The number of methoxy groups -OCH3 is 1. The van der Waals surface area contributed by atoms with Crippen LogP contribution >= 0.6 is 11.6 Å². The Morgan fingerprint density at radius 1 is 1.30 bits per heavy atom. The molecule has 0 aromatic heterocycles. The quantitative estimate of drug-likeness (QED) is 0.825. The summed E-state index contributed by atoms with van der Waals surface area (Å²) >= 11 is 6.14. The molecule has 1 unspecified atom stereocenters. The van der Waals surface area contributed by atoms with Crippen LogP contribution in [0.5, 0.6) is 5.75 Å². The molecule has 3 N–H and O–H groups in total. The van der Waals surface area contributed by atoms with Crippen molar-refractivity contribution < 1.29 is 9.53 Å². The number of hydrogen-bond donors (Lipinski definition) is 2. The predicted octanol–water partition coefficient (Wildman–Crippen LogP) is 3.41. The lowest BCUT2D eigenvalue weighted by Gasteiger charge is -2.24. The van der Waals surface area contributed by atoms with Crippen LogP contribution in [0.2, 0.25) is 5.02 Å². The first-order chi connectivity index (χ1) is 12.9. The van der Waals surface area contributed by atoms with E-state index in [4.69, 9.17) is 22.1 Å². The number of ether oxygens (including phenoxy) is 1. The minimum atomic E-state index is -0.301. The molecule has 1 aliphatic heterocycles. The Labute approximate surface area is 165 Å². The van der Waals surface area contributed by atoms with Gasteiger partial charge < -0.3 is 15.8 Å². The SMILES string of the molecule is COc1cc(Cl)c(C)cc1NC(=O)C(C)N1C[C@@H](N)[C@H](c2ccccc2)C1. The lowest BCUT2D eigenvalue weighted by atomic mass is 9.95. The highest BCUT2D eigenvalue weighted by atomic mass is 35.5. The Morgan fingerprint density at radius 3 is 2.67 bits per heavy atom. The number of likely N-dealkylation sites (tertiary alicyclic amines) is 1. The van der Waals surface area contributed by atoms with Crippen molar-refractivity contribution in [1.29, 1.82) is 0 Å². The van der Waals surface area contributed by atoms with Gasteiger partial charge in [0.1, 0.15) is 5.75 Å². The van der Waals surface area contributed by atoms with Gasteiger partial charge in [-0.25, -0.2) is 0 Å². The highest BCUT2D eigenvalue weighted by molar-refractivity contribution is 6.31. The van der Waals surface area contributed by atoms with Gasteiger partial charge in [0.05, 0.1) is 18.8 Å². The van der Waals surface area contributed by atoms with E-state index in [2.05, 4.69) is 22.3 Å². The molecule has 3 atom stereocenters. The molecule has 1 saturated heterocycles. The molecule has 0 radical (unpaired) electrons. The summed E-state index contributed by atoms with van der Waals surface area (Å²) in [6.45, 7) is 5.25. The third-order valence-corrected chi connectivity index (χ3v) is 5.69. The van der Waals surface area contributed by atoms with E-state index in [1.54, 1.807) is 13.2 Å². The van der Waals surface area contributed by atoms with Crippen molar-refractivity contribution in [3.05, 3.63) is 58.6 Å². The van der Waals surface area contributed by atoms with E-state index < -0.39 is 0 Å². The number of rotatable bonds is 5. The highest BCUT2D eigenvalue weighted by Crippen LogP contribution is 2.32. The Bertz CT molecular complexity index is 813. The van der Waals surface area contributed by atoms with Gasteiger partial charge in [-0.15, -0.1) is 0 Å². The molecule has 2 aromatic rings. The van der Waals surface area contributed by atoms with Crippen LogP contribution in [-0.2, 0) is 4.79 Å². The monoisotopic (exact) mass is 387 g/mol. The average molecular weight is 388 g/mol. The summed E-state index contributed by atoms with van der Waals surface area (Å²) in [4.78, 5) is 15.0. The van der Waals surface area contributed by atoms with Crippen molar-refractivity contribution in [1.82, 2.24) is 4.90 Å². The summed E-state index contributed by atoms with van der Waals surface area (Å²) in [5.74, 6) is 0.691. The fourth-order valence-electron chi connectivity index (χ4n) is 3.56. The zero-order valence-corrected chi connectivity index (χ0v) is 16.7. The van der Waals surface area contributed by atoms with Crippen LogP contribution in [0, 0.1) is 6.92 Å². The molecule has 3 rings (SSSR count). The highest BCUT2D eigenvalue weighted by Gasteiger charge is 2.35. The number of benzene rings is 2. The van der Waals surface area contributed by atoms with E-state index in [9.17, 15) is 4.79 Å². The second-order valence-corrected chi connectivity index (χ2v) is 7.51. The van der Waals surface area contributed by atoms with E-state index in [1.165, 1.54) is 5.56 Å². The second-order valence-electron chi connectivity index (χ2n) is 7.10. The van der Waals surface area contributed by atoms with Crippen LogP contribution in [0.3, 0.4) is 0 Å². The van der Waals surface area contributed by atoms with Gasteiger partial charge in [0.15, 0.2) is 0 Å². The molecule has 5 nitrogen and oxygen atoms in total. The van der Waals surface area contributed by atoms with Gasteiger partial charge in [-0.3, -0.25) is 9.69 Å². The molecule has 6 heteroatoms. The van der Waals surface area contributed by atoms with Crippen molar-refractivity contribution in [3.8, 4) is 5.75 Å². The lowest BCUT2D eigenvalue weighted by molar-refractivity contribution is -0.120. The number of amides is 1. The van der Waals surface area contributed by atoms with E-state index in [0.29, 0.717) is 23.0 Å². The number of carbonyl (C=O) groups excluding carboxylic acids is 1. The molecule has 27 heavy (non-hydrogen) atoms. The molecule has 1 aliphatic rings. The minimum Gasteiger partial charge on any atom is -0.495 e. The number of nitrogens with two attached hydrogens (primary N) is 1. The molecule has 0 saturated carbocycles. The van der Waals surface area contributed by atoms with Crippen molar-refractivity contribution in [3.63, 3.8) is 0 Å². The van der Waals surface area contributed by atoms with E-state index >= 15 is 0 Å². The summed E-state index contributed by atoms with van der Waals surface area (Å²) in [6.07, 6.45) is 0. The standard InChI is InChI=1S/C21H26ClN3O2/c1-13-9-19(20(27-3)10-17(13)22)24-21(26)14(2)25-11-16(18(23)12-25)15-7-5-4-6-8-15/h4-10,14,16,18H,11-12,23H2,1-3H3,(H,24,26)/t14?,16-,18+/m0/s1. The number of anilines is 1. The fourth-order valence-corrected chi connectivity index (χ4v) is 3.72. The topological polar surface area (TPSA) is 67.6 Å². The Hall–Kier alpha value is -2.08. The molecule has 1 amide bonds. The first-order valence-corrected chi connectivity index (χ1v) is 9.48. The third-order valence-electron chi connectivity index (χ3n) is 5.29. The third kappa shape index (κ3) is 4.26. The Balaban J connectivity index is 1.70. The number of nitrogens with zero attached hydrogens (tertiary/aromatic N) is 1. The predicted molar refractivity (Wildman–Crippen MR) is 110 cm³/mol. The van der Waals surface area contributed by atoms with Crippen LogP contribution in [0.4, 0.5) is 5.69 Å². The van der Waals surface area contributed by atoms with Gasteiger partial charge in [0.2, 0.25) is 5.91 Å². The largest absolute Gasteiger partial charge is 0.495 e. The molecule has 0 spiro atoms. The van der Waals surface area contributed by atoms with E-state index in [-0.39, 0.29) is 23.9 Å². The zero-order chi connectivity index (χ0) is 19.6. The minimum absolute atomic E-state index is 0.00922. The van der Waals surface area contributed by atoms with Crippen LogP contribution in [0.15, 0.2) is 42.5 Å². The van der Waals surface area contributed by atoms with Crippen LogP contribution < -0.4 is 15.8 Å². The van der Waals surface area contributed by atoms with Gasteiger partial charge in [-0.05, 0) is 31.0 Å². The summed E-state index contributed by atoms with van der Waals surface area (Å²) in [6, 6.07) is 13.5. The van der Waals surface area contributed by atoms with Gasteiger partial charge in [0.25, 0.3) is 0 Å².